The second-order valence-corrected chi connectivity index (χ2v) is 6.04. The molecule has 0 saturated heterocycles. The van der Waals surface area contributed by atoms with E-state index in [2.05, 4.69) is 46.4 Å². The average Bonchev–Trinajstić information content (AvgIpc) is 2.85. The standard InChI is InChI=1S/C12H16N2S2/c1-9-7-16-11(14-9)12(2,3)13-6-10-4-5-15-8-10/h4-5,7-8,13H,6H2,1-3H3. The zero-order valence-corrected chi connectivity index (χ0v) is 11.4. The third kappa shape index (κ3) is 2.70. The van der Waals surface area contributed by atoms with Gasteiger partial charge in [0.1, 0.15) is 5.01 Å². The van der Waals surface area contributed by atoms with Gasteiger partial charge in [0.05, 0.1) is 5.54 Å². The predicted molar refractivity (Wildman–Crippen MR) is 71.0 cm³/mol. The monoisotopic (exact) mass is 252 g/mol. The SMILES string of the molecule is Cc1csc(C(C)(C)NCc2ccsc2)n1. The van der Waals surface area contributed by atoms with Crippen molar-refractivity contribution in [1.29, 1.82) is 0 Å². The van der Waals surface area contributed by atoms with Gasteiger partial charge < -0.3 is 5.32 Å². The van der Waals surface area contributed by atoms with Crippen molar-refractivity contribution < 1.29 is 0 Å². The molecule has 0 bridgehead atoms. The molecule has 1 N–H and O–H groups in total. The number of hydrogen-bond acceptors (Lipinski definition) is 4. The smallest absolute Gasteiger partial charge is 0.112 e. The minimum absolute atomic E-state index is 0.0547. The Morgan fingerprint density at radius 1 is 1.38 bits per heavy atom. The van der Waals surface area contributed by atoms with Crippen LogP contribution in [0.3, 0.4) is 0 Å². The van der Waals surface area contributed by atoms with Crippen molar-refractivity contribution >= 4 is 22.7 Å². The number of nitrogens with zero attached hydrogens (tertiary/aromatic N) is 1. The molecule has 0 radical (unpaired) electrons. The molecule has 0 fully saturated rings. The molecular weight excluding hydrogens is 236 g/mol. The highest BCUT2D eigenvalue weighted by Gasteiger charge is 2.22. The van der Waals surface area contributed by atoms with Crippen molar-refractivity contribution in [3.8, 4) is 0 Å². The zero-order chi connectivity index (χ0) is 11.6. The molecule has 0 saturated carbocycles. The Morgan fingerprint density at radius 2 is 2.19 bits per heavy atom. The van der Waals surface area contributed by atoms with Crippen LogP contribution in [0.15, 0.2) is 22.2 Å². The van der Waals surface area contributed by atoms with Gasteiger partial charge in [-0.1, -0.05) is 0 Å². The van der Waals surface area contributed by atoms with Gasteiger partial charge in [0, 0.05) is 17.6 Å². The van der Waals surface area contributed by atoms with Gasteiger partial charge in [-0.05, 0) is 43.2 Å². The summed E-state index contributed by atoms with van der Waals surface area (Å²) in [4.78, 5) is 4.54. The number of nitrogens with one attached hydrogen (secondary N) is 1. The first kappa shape index (κ1) is 11.8. The van der Waals surface area contributed by atoms with Crippen LogP contribution in [0.5, 0.6) is 0 Å². The van der Waals surface area contributed by atoms with Crippen molar-refractivity contribution in [2.24, 2.45) is 0 Å². The molecule has 0 aliphatic heterocycles. The van der Waals surface area contributed by atoms with Gasteiger partial charge in [0.25, 0.3) is 0 Å². The molecule has 2 rings (SSSR count). The van der Waals surface area contributed by atoms with Crippen LogP contribution < -0.4 is 5.32 Å². The van der Waals surface area contributed by atoms with E-state index in [0.717, 1.165) is 17.2 Å². The van der Waals surface area contributed by atoms with E-state index in [-0.39, 0.29) is 5.54 Å². The predicted octanol–water partition coefficient (Wildman–Crippen LogP) is 3.54. The fraction of sp³-hybridized carbons (Fsp3) is 0.417. The zero-order valence-electron chi connectivity index (χ0n) is 9.78. The Balaban J connectivity index is 2.02. The third-order valence-corrected chi connectivity index (χ3v) is 4.48. The number of thiazole rings is 1. The molecule has 0 aromatic carbocycles. The van der Waals surface area contributed by atoms with Crippen LogP contribution in [-0.2, 0) is 12.1 Å². The molecule has 2 nitrogen and oxygen atoms in total. The lowest BCUT2D eigenvalue weighted by Gasteiger charge is -2.23. The summed E-state index contributed by atoms with van der Waals surface area (Å²) in [5.74, 6) is 0. The van der Waals surface area contributed by atoms with Gasteiger partial charge in [0.15, 0.2) is 0 Å². The summed E-state index contributed by atoms with van der Waals surface area (Å²) in [6.07, 6.45) is 0. The van der Waals surface area contributed by atoms with E-state index in [1.165, 1.54) is 5.56 Å². The summed E-state index contributed by atoms with van der Waals surface area (Å²) in [6.45, 7) is 7.29. The van der Waals surface area contributed by atoms with E-state index in [9.17, 15) is 0 Å². The molecule has 0 unspecified atom stereocenters. The fourth-order valence-corrected chi connectivity index (χ4v) is 3.00. The molecule has 0 amide bonds. The molecule has 0 atom stereocenters. The summed E-state index contributed by atoms with van der Waals surface area (Å²) < 4.78 is 0. The molecular formula is C12H16N2S2. The molecule has 0 spiro atoms. The number of thiophene rings is 1. The lowest BCUT2D eigenvalue weighted by Crippen LogP contribution is -2.35. The van der Waals surface area contributed by atoms with E-state index in [1.54, 1.807) is 22.7 Å². The highest BCUT2D eigenvalue weighted by molar-refractivity contribution is 7.09. The first-order chi connectivity index (χ1) is 7.58. The molecule has 0 aliphatic rings. The number of aryl methyl sites for hydroxylation is 1. The molecule has 2 aromatic heterocycles. The first-order valence-electron chi connectivity index (χ1n) is 5.26. The molecule has 2 aromatic rings. The van der Waals surface area contributed by atoms with Gasteiger partial charge in [-0.15, -0.1) is 11.3 Å². The summed E-state index contributed by atoms with van der Waals surface area (Å²) >= 11 is 3.46. The van der Waals surface area contributed by atoms with E-state index < -0.39 is 0 Å². The van der Waals surface area contributed by atoms with E-state index in [1.807, 2.05) is 6.92 Å². The lowest BCUT2D eigenvalue weighted by atomic mass is 10.1. The van der Waals surface area contributed by atoms with E-state index in [0.29, 0.717) is 0 Å². The lowest BCUT2D eigenvalue weighted by molar-refractivity contribution is 0.399. The highest BCUT2D eigenvalue weighted by atomic mass is 32.1. The van der Waals surface area contributed by atoms with Crippen molar-refractivity contribution in [3.63, 3.8) is 0 Å². The van der Waals surface area contributed by atoms with Crippen LogP contribution in [-0.4, -0.2) is 4.98 Å². The van der Waals surface area contributed by atoms with Crippen molar-refractivity contribution in [3.05, 3.63) is 38.5 Å². The molecule has 0 aliphatic carbocycles. The first-order valence-corrected chi connectivity index (χ1v) is 7.09. The fourth-order valence-electron chi connectivity index (χ4n) is 1.43. The van der Waals surface area contributed by atoms with Crippen molar-refractivity contribution in [1.82, 2.24) is 10.3 Å². The number of rotatable bonds is 4. The third-order valence-electron chi connectivity index (χ3n) is 2.47. The van der Waals surface area contributed by atoms with Crippen molar-refractivity contribution in [2.45, 2.75) is 32.9 Å². The minimum atomic E-state index is -0.0547. The Morgan fingerprint density at radius 3 is 2.75 bits per heavy atom. The maximum atomic E-state index is 4.54. The molecule has 2 heterocycles. The summed E-state index contributed by atoms with van der Waals surface area (Å²) in [5.41, 5.74) is 2.39. The second-order valence-electron chi connectivity index (χ2n) is 4.40. The largest absolute Gasteiger partial charge is 0.302 e. The summed E-state index contributed by atoms with van der Waals surface area (Å²) in [5, 5.41) is 11.1. The molecule has 16 heavy (non-hydrogen) atoms. The van der Waals surface area contributed by atoms with Crippen LogP contribution in [0.25, 0.3) is 0 Å². The van der Waals surface area contributed by atoms with Crippen LogP contribution >= 0.6 is 22.7 Å². The van der Waals surface area contributed by atoms with Crippen LogP contribution in [0.4, 0.5) is 0 Å². The Labute approximate surface area is 104 Å². The van der Waals surface area contributed by atoms with Gasteiger partial charge in [-0.25, -0.2) is 4.98 Å². The summed E-state index contributed by atoms with van der Waals surface area (Å²) in [6, 6.07) is 2.15. The maximum Gasteiger partial charge on any atom is 0.112 e. The second kappa shape index (κ2) is 4.65. The topological polar surface area (TPSA) is 24.9 Å². The molecule has 86 valence electrons. The van der Waals surface area contributed by atoms with Crippen molar-refractivity contribution in [2.75, 3.05) is 0 Å². The van der Waals surface area contributed by atoms with Gasteiger partial charge >= 0.3 is 0 Å². The van der Waals surface area contributed by atoms with E-state index >= 15 is 0 Å². The number of hydrogen-bond donors (Lipinski definition) is 1. The van der Waals surface area contributed by atoms with Crippen LogP contribution in [0.1, 0.15) is 30.1 Å². The maximum absolute atomic E-state index is 4.54. The minimum Gasteiger partial charge on any atom is -0.302 e. The van der Waals surface area contributed by atoms with Crippen LogP contribution in [0.2, 0.25) is 0 Å². The Hall–Kier alpha value is -0.710. The molecule has 4 heteroatoms. The highest BCUT2D eigenvalue weighted by Crippen LogP contribution is 2.24. The normalized spacial score (nSPS) is 11.9. The van der Waals surface area contributed by atoms with E-state index in [4.69, 9.17) is 0 Å². The van der Waals surface area contributed by atoms with Gasteiger partial charge in [-0.3, -0.25) is 0 Å². The number of aromatic nitrogens is 1. The quantitative estimate of drug-likeness (QED) is 0.900. The van der Waals surface area contributed by atoms with Crippen LogP contribution in [0, 0.1) is 6.92 Å². The average molecular weight is 252 g/mol. The van der Waals surface area contributed by atoms with Gasteiger partial charge in [0.2, 0.25) is 0 Å². The summed E-state index contributed by atoms with van der Waals surface area (Å²) in [7, 11) is 0. The van der Waals surface area contributed by atoms with Gasteiger partial charge in [-0.2, -0.15) is 11.3 Å². The Bertz CT molecular complexity index is 443. The Kier molecular flexibility index (Phi) is 3.42.